The van der Waals surface area contributed by atoms with Gasteiger partial charge >= 0.3 is 5.69 Å². The Morgan fingerprint density at radius 1 is 1.03 bits per heavy atom. The van der Waals surface area contributed by atoms with E-state index in [9.17, 15) is 10.1 Å². The lowest BCUT2D eigenvalue weighted by molar-refractivity contribution is -0.383. The highest BCUT2D eigenvalue weighted by Gasteiger charge is 2.29. The molecule has 0 spiro atoms. The number of nitrogens with one attached hydrogen (secondary N) is 1. The van der Waals surface area contributed by atoms with Crippen molar-refractivity contribution in [2.45, 2.75) is 6.54 Å². The molecule has 2 aromatic carbocycles. The van der Waals surface area contributed by atoms with Crippen molar-refractivity contribution in [2.75, 3.05) is 49.5 Å². The second-order valence-corrected chi connectivity index (χ2v) is 8.01. The van der Waals surface area contributed by atoms with Gasteiger partial charge in [-0.05, 0) is 17.7 Å². The minimum absolute atomic E-state index is 0.119. The third-order valence-electron chi connectivity index (χ3n) is 5.40. The van der Waals surface area contributed by atoms with Crippen LogP contribution in [-0.2, 0) is 6.54 Å². The highest BCUT2D eigenvalue weighted by molar-refractivity contribution is 6.32. The SMILES string of the molecule is O=[N+]([O-])c1c(NCCOc2ccccc2Cl)ncnc1N1CCN(Cc2ccccc2)CC1. The summed E-state index contributed by atoms with van der Waals surface area (Å²) in [7, 11) is 0. The first-order valence-electron chi connectivity index (χ1n) is 10.7. The summed E-state index contributed by atoms with van der Waals surface area (Å²) >= 11 is 6.08. The molecule has 1 saturated heterocycles. The zero-order valence-electron chi connectivity index (χ0n) is 18.1. The van der Waals surface area contributed by atoms with Crippen molar-refractivity contribution < 1.29 is 9.66 Å². The van der Waals surface area contributed by atoms with Crippen molar-refractivity contribution in [1.29, 1.82) is 0 Å². The zero-order valence-corrected chi connectivity index (χ0v) is 18.8. The Hall–Kier alpha value is -3.43. The van der Waals surface area contributed by atoms with E-state index in [1.54, 1.807) is 12.1 Å². The van der Waals surface area contributed by atoms with Crippen LogP contribution >= 0.6 is 11.6 Å². The molecule has 1 N–H and O–H groups in total. The molecule has 1 fully saturated rings. The van der Waals surface area contributed by atoms with Gasteiger partial charge in [0.2, 0.25) is 11.6 Å². The van der Waals surface area contributed by atoms with Crippen molar-refractivity contribution in [2.24, 2.45) is 0 Å². The summed E-state index contributed by atoms with van der Waals surface area (Å²) < 4.78 is 5.64. The maximum Gasteiger partial charge on any atom is 0.353 e. The van der Waals surface area contributed by atoms with Gasteiger partial charge in [-0.25, -0.2) is 9.97 Å². The second kappa shape index (κ2) is 10.9. The minimum atomic E-state index is -0.428. The maximum atomic E-state index is 11.9. The molecule has 0 aliphatic carbocycles. The summed E-state index contributed by atoms with van der Waals surface area (Å²) in [5, 5.41) is 15.4. The van der Waals surface area contributed by atoms with Crippen molar-refractivity contribution in [3.63, 3.8) is 0 Å². The van der Waals surface area contributed by atoms with Crippen LogP contribution in [0.4, 0.5) is 17.3 Å². The number of hydrogen-bond donors (Lipinski definition) is 1. The number of aromatic nitrogens is 2. The largest absolute Gasteiger partial charge is 0.490 e. The molecule has 0 radical (unpaired) electrons. The van der Waals surface area contributed by atoms with E-state index in [1.807, 2.05) is 35.2 Å². The van der Waals surface area contributed by atoms with Crippen LogP contribution in [0.15, 0.2) is 60.9 Å². The van der Waals surface area contributed by atoms with Gasteiger partial charge in [-0.1, -0.05) is 54.1 Å². The predicted octanol–water partition coefficient (Wildman–Crippen LogP) is 3.85. The van der Waals surface area contributed by atoms with Gasteiger partial charge in [0.25, 0.3) is 0 Å². The Kier molecular flexibility index (Phi) is 7.54. The van der Waals surface area contributed by atoms with Crippen LogP contribution in [0.25, 0.3) is 0 Å². The van der Waals surface area contributed by atoms with Crippen LogP contribution in [0, 0.1) is 10.1 Å². The molecule has 0 saturated carbocycles. The number of benzene rings is 2. The average Bonchev–Trinajstić information content (AvgIpc) is 2.84. The summed E-state index contributed by atoms with van der Waals surface area (Å²) in [6, 6.07) is 17.4. The van der Waals surface area contributed by atoms with E-state index >= 15 is 0 Å². The predicted molar refractivity (Wildman–Crippen MR) is 128 cm³/mol. The number of rotatable bonds is 9. The van der Waals surface area contributed by atoms with Crippen LogP contribution in [-0.4, -0.2) is 59.1 Å². The molecule has 2 heterocycles. The maximum absolute atomic E-state index is 11.9. The van der Waals surface area contributed by atoms with E-state index < -0.39 is 4.92 Å². The normalized spacial score (nSPS) is 14.2. The summed E-state index contributed by atoms with van der Waals surface area (Å²) in [5.74, 6) is 1.08. The smallest absolute Gasteiger partial charge is 0.353 e. The molecule has 1 aliphatic heterocycles. The molecule has 0 unspecified atom stereocenters. The van der Waals surface area contributed by atoms with Gasteiger partial charge in [-0.3, -0.25) is 15.0 Å². The van der Waals surface area contributed by atoms with Gasteiger partial charge in [-0.15, -0.1) is 0 Å². The Labute approximate surface area is 197 Å². The lowest BCUT2D eigenvalue weighted by Crippen LogP contribution is -2.46. The summed E-state index contributed by atoms with van der Waals surface area (Å²) in [4.78, 5) is 24.1. The van der Waals surface area contributed by atoms with Crippen LogP contribution in [0.5, 0.6) is 5.75 Å². The Bertz CT molecular complexity index is 1080. The lowest BCUT2D eigenvalue weighted by atomic mass is 10.2. The van der Waals surface area contributed by atoms with Gasteiger partial charge in [0, 0.05) is 32.7 Å². The van der Waals surface area contributed by atoms with E-state index in [-0.39, 0.29) is 18.1 Å². The highest BCUT2D eigenvalue weighted by atomic mass is 35.5. The highest BCUT2D eigenvalue weighted by Crippen LogP contribution is 2.32. The molecule has 9 nitrogen and oxygen atoms in total. The van der Waals surface area contributed by atoms with E-state index in [0.29, 0.717) is 36.2 Å². The number of nitrogens with zero attached hydrogens (tertiary/aromatic N) is 5. The molecule has 4 rings (SSSR count). The molecular formula is C23H25ClN6O3. The summed E-state index contributed by atoms with van der Waals surface area (Å²) in [6.45, 7) is 4.36. The number of para-hydroxylation sites is 1. The fourth-order valence-corrected chi connectivity index (χ4v) is 3.94. The van der Waals surface area contributed by atoms with Gasteiger partial charge in [0.05, 0.1) is 16.5 Å². The molecule has 0 amide bonds. The number of piperazine rings is 1. The monoisotopic (exact) mass is 468 g/mol. The first-order chi connectivity index (χ1) is 16.1. The molecular weight excluding hydrogens is 444 g/mol. The number of ether oxygens (including phenoxy) is 1. The van der Waals surface area contributed by atoms with Gasteiger partial charge in [0.1, 0.15) is 18.7 Å². The van der Waals surface area contributed by atoms with Crippen molar-refractivity contribution >= 4 is 28.9 Å². The lowest BCUT2D eigenvalue weighted by Gasteiger charge is -2.35. The molecule has 0 bridgehead atoms. The fraction of sp³-hybridized carbons (Fsp3) is 0.304. The van der Waals surface area contributed by atoms with Gasteiger partial charge < -0.3 is 15.0 Å². The van der Waals surface area contributed by atoms with Crippen LogP contribution in [0.3, 0.4) is 0 Å². The van der Waals surface area contributed by atoms with Crippen LogP contribution in [0.1, 0.15) is 5.56 Å². The van der Waals surface area contributed by atoms with E-state index in [0.717, 1.165) is 19.6 Å². The Morgan fingerprint density at radius 3 is 2.48 bits per heavy atom. The standard InChI is InChI=1S/C23H25ClN6O3/c24-19-8-4-5-9-20(19)33-15-10-25-22-21(30(31)32)23(27-17-26-22)29-13-11-28(12-14-29)16-18-6-2-1-3-7-18/h1-9,17H,10-16H2,(H,25,26,27). The molecule has 33 heavy (non-hydrogen) atoms. The Balaban J connectivity index is 1.37. The molecule has 1 aromatic heterocycles. The summed E-state index contributed by atoms with van der Waals surface area (Å²) in [6.07, 6.45) is 1.36. The molecule has 1 aliphatic rings. The second-order valence-electron chi connectivity index (χ2n) is 7.61. The zero-order chi connectivity index (χ0) is 23.0. The number of halogens is 1. The van der Waals surface area contributed by atoms with E-state index in [4.69, 9.17) is 16.3 Å². The van der Waals surface area contributed by atoms with Crippen LogP contribution in [0.2, 0.25) is 5.02 Å². The van der Waals surface area contributed by atoms with Crippen molar-refractivity contribution in [3.8, 4) is 5.75 Å². The number of anilines is 2. The number of hydrogen-bond acceptors (Lipinski definition) is 8. The van der Waals surface area contributed by atoms with E-state index in [1.165, 1.54) is 11.9 Å². The average molecular weight is 469 g/mol. The molecule has 0 atom stereocenters. The molecule has 172 valence electrons. The van der Waals surface area contributed by atoms with Crippen LogP contribution < -0.4 is 15.0 Å². The van der Waals surface area contributed by atoms with Gasteiger partial charge in [0.15, 0.2) is 0 Å². The quantitative estimate of drug-likeness (QED) is 0.287. The van der Waals surface area contributed by atoms with Crippen molar-refractivity contribution in [3.05, 3.63) is 81.6 Å². The van der Waals surface area contributed by atoms with E-state index in [2.05, 4.69) is 32.3 Å². The number of nitro groups is 1. The summed E-state index contributed by atoms with van der Waals surface area (Å²) in [5.41, 5.74) is 1.14. The van der Waals surface area contributed by atoms with Crippen molar-refractivity contribution in [1.82, 2.24) is 14.9 Å². The first kappa shape index (κ1) is 22.8. The topological polar surface area (TPSA) is 96.7 Å². The third-order valence-corrected chi connectivity index (χ3v) is 5.71. The molecule has 10 heteroatoms. The fourth-order valence-electron chi connectivity index (χ4n) is 3.75. The minimum Gasteiger partial charge on any atom is -0.490 e. The Morgan fingerprint density at radius 2 is 1.76 bits per heavy atom. The van der Waals surface area contributed by atoms with Gasteiger partial charge in [-0.2, -0.15) is 0 Å². The molecule has 3 aromatic rings. The first-order valence-corrected chi connectivity index (χ1v) is 11.1. The third kappa shape index (κ3) is 5.88.